The average Bonchev–Trinajstić information content (AvgIpc) is 3.63. The van der Waals surface area contributed by atoms with E-state index in [1.54, 1.807) is 41.3 Å². The van der Waals surface area contributed by atoms with Crippen LogP contribution in [0, 0.1) is 6.92 Å². The van der Waals surface area contributed by atoms with E-state index in [2.05, 4.69) is 5.32 Å². The van der Waals surface area contributed by atoms with Crippen LogP contribution in [0.1, 0.15) is 46.2 Å². The highest BCUT2D eigenvalue weighted by molar-refractivity contribution is 6.02. The van der Waals surface area contributed by atoms with Crippen molar-refractivity contribution >= 4 is 23.6 Å². The van der Waals surface area contributed by atoms with Gasteiger partial charge < -0.3 is 19.4 Å². The van der Waals surface area contributed by atoms with E-state index in [0.29, 0.717) is 30.9 Å². The second kappa shape index (κ2) is 9.66. The summed E-state index contributed by atoms with van der Waals surface area (Å²) in [4.78, 5) is 42.2. The molecule has 2 saturated heterocycles. The SMILES string of the molecule is Cc1ccccc1CN1C(=O)OC(c2ccc(NC(=O)c3ccco3)cc2)C1C(=O)N1CCCC1. The quantitative estimate of drug-likeness (QED) is 0.568. The van der Waals surface area contributed by atoms with Crippen LogP contribution in [0.25, 0.3) is 0 Å². The molecule has 2 atom stereocenters. The molecule has 0 aliphatic carbocycles. The van der Waals surface area contributed by atoms with Gasteiger partial charge >= 0.3 is 6.09 Å². The predicted molar refractivity (Wildman–Crippen MR) is 129 cm³/mol. The Hall–Kier alpha value is -4.07. The third-order valence-corrected chi connectivity index (χ3v) is 6.60. The fourth-order valence-electron chi connectivity index (χ4n) is 4.65. The Morgan fingerprint density at radius 1 is 1.00 bits per heavy atom. The third kappa shape index (κ3) is 4.64. The first-order chi connectivity index (χ1) is 17.0. The number of hydrogen-bond acceptors (Lipinski definition) is 5. The van der Waals surface area contributed by atoms with Crippen molar-refractivity contribution in [2.75, 3.05) is 18.4 Å². The highest BCUT2D eigenvalue weighted by Crippen LogP contribution is 2.36. The number of likely N-dealkylation sites (tertiary alicyclic amines) is 1. The average molecular weight is 474 g/mol. The van der Waals surface area contributed by atoms with Crippen molar-refractivity contribution in [1.82, 2.24) is 9.80 Å². The minimum Gasteiger partial charge on any atom is -0.459 e. The van der Waals surface area contributed by atoms with Crippen molar-refractivity contribution in [2.45, 2.75) is 38.5 Å². The first-order valence-corrected chi connectivity index (χ1v) is 11.8. The Bertz CT molecular complexity index is 1220. The summed E-state index contributed by atoms with van der Waals surface area (Å²) in [5.74, 6) is -0.245. The molecule has 8 nitrogen and oxygen atoms in total. The van der Waals surface area contributed by atoms with E-state index < -0.39 is 18.2 Å². The lowest BCUT2D eigenvalue weighted by molar-refractivity contribution is -0.135. The molecule has 0 spiro atoms. The van der Waals surface area contributed by atoms with Crippen LogP contribution in [0.3, 0.4) is 0 Å². The van der Waals surface area contributed by atoms with Crippen molar-refractivity contribution in [3.8, 4) is 0 Å². The molecule has 3 aromatic rings. The van der Waals surface area contributed by atoms with E-state index >= 15 is 0 Å². The molecule has 3 amide bonds. The highest BCUT2D eigenvalue weighted by atomic mass is 16.6. The van der Waals surface area contributed by atoms with E-state index in [1.165, 1.54) is 6.26 Å². The van der Waals surface area contributed by atoms with Crippen molar-refractivity contribution in [3.05, 3.63) is 89.4 Å². The summed E-state index contributed by atoms with van der Waals surface area (Å²) in [7, 11) is 0. The van der Waals surface area contributed by atoms with Crippen LogP contribution >= 0.6 is 0 Å². The lowest BCUT2D eigenvalue weighted by Gasteiger charge is -2.28. The van der Waals surface area contributed by atoms with Crippen LogP contribution in [-0.4, -0.2) is 46.8 Å². The molecule has 0 saturated carbocycles. The Morgan fingerprint density at radius 2 is 1.74 bits per heavy atom. The molecule has 2 aliphatic heterocycles. The minimum atomic E-state index is -0.760. The zero-order valence-corrected chi connectivity index (χ0v) is 19.5. The predicted octanol–water partition coefficient (Wildman–Crippen LogP) is 4.52. The number of amides is 3. The summed E-state index contributed by atoms with van der Waals surface area (Å²) in [6, 6.07) is 17.3. The number of nitrogens with zero attached hydrogens (tertiary/aromatic N) is 2. The maximum atomic E-state index is 13.6. The van der Waals surface area contributed by atoms with Crippen LogP contribution in [0.15, 0.2) is 71.3 Å². The standard InChI is InChI=1S/C27H27N3O5/c1-18-7-2-3-8-20(18)17-30-23(26(32)29-14-4-5-15-29)24(35-27(30)33)19-10-12-21(13-11-19)28-25(31)22-9-6-16-34-22/h2-3,6-13,16,23-24H,4-5,14-15,17H2,1H3,(H,28,31). The Morgan fingerprint density at radius 3 is 2.43 bits per heavy atom. The number of rotatable bonds is 6. The molecule has 2 aliphatic rings. The first-order valence-electron chi connectivity index (χ1n) is 11.8. The largest absolute Gasteiger partial charge is 0.459 e. The maximum Gasteiger partial charge on any atom is 0.411 e. The number of benzene rings is 2. The van der Waals surface area contributed by atoms with Crippen LogP contribution in [0.4, 0.5) is 10.5 Å². The lowest BCUT2D eigenvalue weighted by Crippen LogP contribution is -2.47. The van der Waals surface area contributed by atoms with Gasteiger partial charge in [0.25, 0.3) is 5.91 Å². The number of carbonyl (C=O) groups excluding carboxylic acids is 3. The van der Waals surface area contributed by atoms with Gasteiger partial charge in [-0.1, -0.05) is 36.4 Å². The summed E-state index contributed by atoms with van der Waals surface area (Å²) in [6.45, 7) is 3.66. The van der Waals surface area contributed by atoms with E-state index in [-0.39, 0.29) is 17.6 Å². The summed E-state index contributed by atoms with van der Waals surface area (Å²) in [5, 5.41) is 2.77. The molecule has 0 bridgehead atoms. The molecule has 5 rings (SSSR count). The molecule has 2 unspecified atom stereocenters. The summed E-state index contributed by atoms with van der Waals surface area (Å²) in [5.41, 5.74) is 3.28. The van der Waals surface area contributed by atoms with Gasteiger partial charge in [0.05, 0.1) is 12.8 Å². The van der Waals surface area contributed by atoms with Crippen molar-refractivity contribution < 1.29 is 23.5 Å². The molecule has 1 N–H and O–H groups in total. The van der Waals surface area contributed by atoms with Crippen molar-refractivity contribution in [2.24, 2.45) is 0 Å². The summed E-state index contributed by atoms with van der Waals surface area (Å²) >= 11 is 0. The number of anilines is 1. The van der Waals surface area contributed by atoms with E-state index in [9.17, 15) is 14.4 Å². The van der Waals surface area contributed by atoms with Crippen molar-refractivity contribution in [1.29, 1.82) is 0 Å². The highest BCUT2D eigenvalue weighted by Gasteiger charge is 2.48. The molecule has 0 radical (unpaired) electrons. The smallest absolute Gasteiger partial charge is 0.411 e. The second-order valence-corrected chi connectivity index (χ2v) is 8.89. The number of cyclic esters (lactones) is 1. The molecule has 2 aromatic carbocycles. The van der Waals surface area contributed by atoms with E-state index in [0.717, 1.165) is 24.0 Å². The maximum absolute atomic E-state index is 13.6. The molecule has 35 heavy (non-hydrogen) atoms. The molecular formula is C27H27N3O5. The summed E-state index contributed by atoms with van der Waals surface area (Å²) < 4.78 is 10.9. The van der Waals surface area contributed by atoms with Gasteiger partial charge in [0.1, 0.15) is 0 Å². The molecular weight excluding hydrogens is 446 g/mol. The monoisotopic (exact) mass is 473 g/mol. The van der Waals surface area contributed by atoms with Crippen LogP contribution in [0.2, 0.25) is 0 Å². The van der Waals surface area contributed by atoms with Gasteiger partial charge in [0, 0.05) is 18.8 Å². The third-order valence-electron chi connectivity index (χ3n) is 6.60. The van der Waals surface area contributed by atoms with Gasteiger partial charge in [-0.05, 0) is 60.7 Å². The normalized spacial score (nSPS) is 19.6. The van der Waals surface area contributed by atoms with Crippen LogP contribution < -0.4 is 5.32 Å². The zero-order chi connectivity index (χ0) is 24.4. The Kier molecular flexibility index (Phi) is 6.27. The Labute approximate surface area is 203 Å². The van der Waals surface area contributed by atoms with Gasteiger partial charge in [-0.25, -0.2) is 4.79 Å². The van der Waals surface area contributed by atoms with Crippen LogP contribution in [-0.2, 0) is 16.1 Å². The number of ether oxygens (including phenoxy) is 1. The van der Waals surface area contributed by atoms with Crippen LogP contribution in [0.5, 0.6) is 0 Å². The number of carbonyl (C=O) groups is 3. The van der Waals surface area contributed by atoms with E-state index in [1.807, 2.05) is 36.1 Å². The zero-order valence-electron chi connectivity index (χ0n) is 19.5. The molecule has 3 heterocycles. The number of aryl methyl sites for hydroxylation is 1. The molecule has 180 valence electrons. The second-order valence-electron chi connectivity index (χ2n) is 8.89. The number of furan rings is 1. The minimum absolute atomic E-state index is 0.0952. The van der Waals surface area contributed by atoms with E-state index in [4.69, 9.17) is 9.15 Å². The molecule has 1 aromatic heterocycles. The van der Waals surface area contributed by atoms with Gasteiger partial charge in [-0.15, -0.1) is 0 Å². The lowest BCUT2D eigenvalue weighted by atomic mass is 9.99. The fourth-order valence-corrected chi connectivity index (χ4v) is 4.65. The van der Waals surface area contributed by atoms with Gasteiger partial charge in [0.2, 0.25) is 5.91 Å². The topological polar surface area (TPSA) is 92.1 Å². The van der Waals surface area contributed by atoms with Crippen molar-refractivity contribution in [3.63, 3.8) is 0 Å². The number of nitrogens with one attached hydrogen (secondary N) is 1. The fraction of sp³-hybridized carbons (Fsp3) is 0.296. The first kappa shape index (κ1) is 22.7. The molecule has 2 fully saturated rings. The summed E-state index contributed by atoms with van der Waals surface area (Å²) in [6.07, 6.45) is 2.10. The van der Waals surface area contributed by atoms with Gasteiger partial charge in [-0.2, -0.15) is 0 Å². The number of hydrogen-bond donors (Lipinski definition) is 1. The van der Waals surface area contributed by atoms with Gasteiger partial charge in [0.15, 0.2) is 17.9 Å². The Balaban J connectivity index is 1.40. The molecule has 8 heteroatoms. The van der Waals surface area contributed by atoms with Gasteiger partial charge in [-0.3, -0.25) is 14.5 Å².